The molecule has 0 unspecified atom stereocenters. The van der Waals surface area contributed by atoms with Gasteiger partial charge in [-0.2, -0.15) is 13.2 Å². The van der Waals surface area contributed by atoms with E-state index in [1.165, 1.54) is 23.9 Å². The molecule has 0 saturated carbocycles. The van der Waals surface area contributed by atoms with E-state index >= 15 is 0 Å². The van der Waals surface area contributed by atoms with Gasteiger partial charge in [-0.15, -0.1) is 0 Å². The van der Waals surface area contributed by atoms with Crippen molar-refractivity contribution < 1.29 is 26.4 Å². The van der Waals surface area contributed by atoms with Gasteiger partial charge in [-0.3, -0.25) is 9.79 Å². The zero-order valence-corrected chi connectivity index (χ0v) is 17.7. The molecule has 2 atom stereocenters. The highest BCUT2D eigenvalue weighted by molar-refractivity contribution is 8.15. The van der Waals surface area contributed by atoms with E-state index in [-0.39, 0.29) is 35.0 Å². The second-order valence-electron chi connectivity index (χ2n) is 7.26. The lowest BCUT2D eigenvalue weighted by molar-refractivity contribution is -0.137. The average Bonchev–Trinajstić information content (AvgIpc) is 3.19. The fraction of sp³-hybridized carbons (Fsp3) is 0.300. The SMILES string of the molecule is O=C(CN(C1=N[C@@H]2CS(=O)(=O)C[C@H]2S1)c1ccccc1)Nc1cccc(C(F)(F)F)c1. The second kappa shape index (κ2) is 8.19. The summed E-state index contributed by atoms with van der Waals surface area (Å²) in [6, 6.07) is 13.0. The Bertz CT molecular complexity index is 1120. The van der Waals surface area contributed by atoms with Crippen molar-refractivity contribution in [3.05, 3.63) is 60.2 Å². The van der Waals surface area contributed by atoms with Crippen molar-refractivity contribution in [3.63, 3.8) is 0 Å². The third-order valence-corrected chi connectivity index (χ3v) is 8.13. The highest BCUT2D eigenvalue weighted by atomic mass is 32.2. The van der Waals surface area contributed by atoms with E-state index in [2.05, 4.69) is 10.3 Å². The van der Waals surface area contributed by atoms with Crippen LogP contribution in [0.4, 0.5) is 24.5 Å². The minimum atomic E-state index is -4.51. The number of benzene rings is 2. The van der Waals surface area contributed by atoms with Gasteiger partial charge in [0.05, 0.1) is 23.1 Å². The zero-order chi connectivity index (χ0) is 22.2. The molecular formula is C20H18F3N3O3S2. The van der Waals surface area contributed by atoms with Gasteiger partial charge in [-0.25, -0.2) is 8.42 Å². The average molecular weight is 470 g/mol. The first-order valence-corrected chi connectivity index (χ1v) is 12.1. The minimum Gasteiger partial charge on any atom is -0.325 e. The van der Waals surface area contributed by atoms with Gasteiger partial charge in [0.25, 0.3) is 0 Å². The number of carbonyl (C=O) groups excluding carboxylic acids is 1. The summed E-state index contributed by atoms with van der Waals surface area (Å²) >= 11 is 1.31. The molecule has 0 bridgehead atoms. The highest BCUT2D eigenvalue weighted by Crippen LogP contribution is 2.37. The number of carbonyl (C=O) groups is 1. The molecule has 4 rings (SSSR count). The van der Waals surface area contributed by atoms with Crippen molar-refractivity contribution in [2.24, 2.45) is 4.99 Å². The van der Waals surface area contributed by atoms with E-state index < -0.39 is 27.5 Å². The summed E-state index contributed by atoms with van der Waals surface area (Å²) < 4.78 is 62.4. The predicted molar refractivity (Wildman–Crippen MR) is 115 cm³/mol. The number of hydrogen-bond acceptors (Lipinski definition) is 6. The number of fused-ring (bicyclic) bond motifs is 1. The number of alkyl halides is 3. The van der Waals surface area contributed by atoms with Crippen LogP contribution in [0.1, 0.15) is 5.56 Å². The molecule has 1 saturated heterocycles. The van der Waals surface area contributed by atoms with Gasteiger partial charge >= 0.3 is 6.18 Å². The summed E-state index contributed by atoms with van der Waals surface area (Å²) in [5.74, 6) is -0.502. The lowest BCUT2D eigenvalue weighted by atomic mass is 10.2. The highest BCUT2D eigenvalue weighted by Gasteiger charge is 2.44. The van der Waals surface area contributed by atoms with Crippen LogP contribution < -0.4 is 10.2 Å². The molecule has 0 aliphatic carbocycles. The van der Waals surface area contributed by atoms with Gasteiger partial charge in [-0.05, 0) is 30.3 Å². The quantitative estimate of drug-likeness (QED) is 0.743. The van der Waals surface area contributed by atoms with Crippen LogP contribution >= 0.6 is 11.8 Å². The molecule has 0 radical (unpaired) electrons. The number of para-hydroxylation sites is 1. The Labute approximate surface area is 181 Å². The van der Waals surface area contributed by atoms with E-state index in [1.807, 2.05) is 6.07 Å². The summed E-state index contributed by atoms with van der Waals surface area (Å²) in [6.45, 7) is -0.182. The standard InChI is InChI=1S/C20H18F3N3O3S2/c21-20(22,23)13-5-4-6-14(9-13)24-18(27)10-26(15-7-2-1-3-8-15)19-25-16-11-31(28,29)12-17(16)30-19/h1-9,16-17H,10-12H2,(H,24,27)/t16-,17-/m1/s1. The van der Waals surface area contributed by atoms with E-state index in [0.29, 0.717) is 10.9 Å². The van der Waals surface area contributed by atoms with Gasteiger partial charge in [0.2, 0.25) is 5.91 Å². The van der Waals surface area contributed by atoms with E-state index in [4.69, 9.17) is 0 Å². The fourth-order valence-corrected chi connectivity index (χ4v) is 7.25. The van der Waals surface area contributed by atoms with E-state index in [1.54, 1.807) is 29.2 Å². The van der Waals surface area contributed by atoms with Crippen molar-refractivity contribution in [1.82, 2.24) is 0 Å². The third kappa shape index (κ3) is 5.04. The maximum absolute atomic E-state index is 12.9. The smallest absolute Gasteiger partial charge is 0.325 e. The maximum Gasteiger partial charge on any atom is 0.416 e. The normalized spacial score (nSPS) is 22.0. The predicted octanol–water partition coefficient (Wildman–Crippen LogP) is 3.42. The molecule has 6 nitrogen and oxygen atoms in total. The molecule has 1 fully saturated rings. The number of thioether (sulfide) groups is 1. The first-order valence-electron chi connectivity index (χ1n) is 9.35. The number of amidine groups is 1. The number of amides is 1. The van der Waals surface area contributed by atoms with Crippen molar-refractivity contribution in [1.29, 1.82) is 0 Å². The Morgan fingerprint density at radius 3 is 2.55 bits per heavy atom. The molecule has 2 aliphatic rings. The number of anilines is 2. The first kappa shape index (κ1) is 21.7. The number of nitrogens with one attached hydrogen (secondary N) is 1. The lowest BCUT2D eigenvalue weighted by Gasteiger charge is -2.24. The number of aliphatic imine (C=N–C) groups is 1. The Hall–Kier alpha value is -2.53. The van der Waals surface area contributed by atoms with Gasteiger partial charge in [0.1, 0.15) is 6.54 Å². The summed E-state index contributed by atoms with van der Waals surface area (Å²) in [7, 11) is -3.12. The van der Waals surface area contributed by atoms with Crippen LogP contribution in [0.15, 0.2) is 59.6 Å². The van der Waals surface area contributed by atoms with Crippen LogP contribution in [0.5, 0.6) is 0 Å². The largest absolute Gasteiger partial charge is 0.416 e. The summed E-state index contributed by atoms with van der Waals surface area (Å²) in [5.41, 5.74) is -0.137. The summed E-state index contributed by atoms with van der Waals surface area (Å²) in [5, 5.41) is 2.83. The van der Waals surface area contributed by atoms with Crippen molar-refractivity contribution in [2.75, 3.05) is 28.3 Å². The van der Waals surface area contributed by atoms with Crippen molar-refractivity contribution >= 4 is 44.0 Å². The number of nitrogens with zero attached hydrogens (tertiary/aromatic N) is 2. The van der Waals surface area contributed by atoms with Crippen molar-refractivity contribution in [3.8, 4) is 0 Å². The van der Waals surface area contributed by atoms with E-state index in [0.717, 1.165) is 12.1 Å². The Balaban J connectivity index is 1.53. The first-order chi connectivity index (χ1) is 14.6. The Morgan fingerprint density at radius 1 is 1.13 bits per heavy atom. The number of rotatable bonds is 4. The van der Waals surface area contributed by atoms with Crippen LogP contribution in [-0.2, 0) is 20.8 Å². The summed E-state index contributed by atoms with van der Waals surface area (Å²) in [6.07, 6.45) is -4.51. The molecule has 164 valence electrons. The molecule has 0 aromatic heterocycles. The number of halogens is 3. The molecular weight excluding hydrogens is 451 g/mol. The van der Waals surface area contributed by atoms with Gasteiger partial charge in [-0.1, -0.05) is 36.0 Å². The third-order valence-electron chi connectivity index (χ3n) is 4.88. The molecule has 2 aromatic carbocycles. The molecule has 31 heavy (non-hydrogen) atoms. The van der Waals surface area contributed by atoms with E-state index in [9.17, 15) is 26.4 Å². The Morgan fingerprint density at radius 2 is 1.87 bits per heavy atom. The molecule has 1 amide bonds. The molecule has 2 aromatic rings. The van der Waals surface area contributed by atoms with Crippen LogP contribution in [-0.4, -0.2) is 48.8 Å². The minimum absolute atomic E-state index is 0.0206. The van der Waals surface area contributed by atoms with Gasteiger partial charge in [0, 0.05) is 16.6 Å². The Kier molecular flexibility index (Phi) is 5.73. The zero-order valence-electron chi connectivity index (χ0n) is 16.0. The number of hydrogen-bond donors (Lipinski definition) is 1. The number of sulfone groups is 1. The molecule has 2 aliphatic heterocycles. The monoisotopic (exact) mass is 469 g/mol. The lowest BCUT2D eigenvalue weighted by Crippen LogP contribution is -2.36. The molecule has 1 N–H and O–H groups in total. The molecule has 11 heteroatoms. The van der Waals surface area contributed by atoms with Crippen LogP contribution in [0.25, 0.3) is 0 Å². The van der Waals surface area contributed by atoms with Gasteiger partial charge < -0.3 is 10.2 Å². The van der Waals surface area contributed by atoms with Crippen LogP contribution in [0.3, 0.4) is 0 Å². The maximum atomic E-state index is 12.9. The molecule has 0 spiro atoms. The topological polar surface area (TPSA) is 78.8 Å². The fourth-order valence-electron chi connectivity index (χ4n) is 3.47. The van der Waals surface area contributed by atoms with Crippen LogP contribution in [0, 0.1) is 0 Å². The second-order valence-corrected chi connectivity index (χ2v) is 10.6. The van der Waals surface area contributed by atoms with Gasteiger partial charge in [0.15, 0.2) is 15.0 Å². The summed E-state index contributed by atoms with van der Waals surface area (Å²) in [4.78, 5) is 18.8. The van der Waals surface area contributed by atoms with Crippen LogP contribution in [0.2, 0.25) is 0 Å². The molecule has 2 heterocycles. The van der Waals surface area contributed by atoms with Crippen molar-refractivity contribution in [2.45, 2.75) is 17.5 Å².